The smallest absolute Gasteiger partial charge is 0.184 e. The molecule has 0 aliphatic carbocycles. The molecule has 0 saturated heterocycles. The summed E-state index contributed by atoms with van der Waals surface area (Å²) >= 11 is 0. The molecule has 1 aromatic rings. The first kappa shape index (κ1) is 8.45. The predicted molar refractivity (Wildman–Crippen MR) is 52.9 cm³/mol. The number of hydrogen-bond donors (Lipinski definition) is 0. The van der Waals surface area contributed by atoms with Crippen molar-refractivity contribution in [3.63, 3.8) is 0 Å². The summed E-state index contributed by atoms with van der Waals surface area (Å²) < 4.78 is 5.49. The molecule has 0 amide bonds. The first-order valence-corrected chi connectivity index (χ1v) is 4.52. The zero-order valence-corrected chi connectivity index (χ0v) is 7.73. The van der Waals surface area contributed by atoms with E-state index in [1.165, 1.54) is 0 Å². The number of benzene rings is 1. The second kappa shape index (κ2) is 3.30. The lowest BCUT2D eigenvalue weighted by Crippen LogP contribution is -2.22. The Balaban J connectivity index is 2.37. The van der Waals surface area contributed by atoms with Gasteiger partial charge in [-0.15, -0.1) is 0 Å². The van der Waals surface area contributed by atoms with E-state index in [0.29, 0.717) is 0 Å². The molecule has 1 heterocycles. The van der Waals surface area contributed by atoms with Crippen molar-refractivity contribution in [2.75, 3.05) is 7.11 Å². The summed E-state index contributed by atoms with van der Waals surface area (Å²) in [6, 6.07) is 10.2. The Morgan fingerprint density at radius 1 is 1.31 bits per heavy atom. The first-order chi connectivity index (χ1) is 6.37. The quantitative estimate of drug-likeness (QED) is 0.676. The maximum Gasteiger partial charge on any atom is 0.184 e. The van der Waals surface area contributed by atoms with E-state index in [1.54, 1.807) is 7.11 Å². The average molecular weight is 175 g/mol. The van der Waals surface area contributed by atoms with Gasteiger partial charge in [0.25, 0.3) is 0 Å². The molecule has 0 fully saturated rings. The Morgan fingerprint density at radius 3 is 2.62 bits per heavy atom. The molecule has 0 aromatic heterocycles. The van der Waals surface area contributed by atoms with Gasteiger partial charge >= 0.3 is 0 Å². The lowest BCUT2D eigenvalue weighted by atomic mass is 10.0. The maximum absolute atomic E-state index is 5.49. The van der Waals surface area contributed by atoms with Crippen LogP contribution >= 0.6 is 0 Å². The summed E-state index contributed by atoms with van der Waals surface area (Å²) in [4.78, 5) is 4.41. The Hall–Kier alpha value is -1.15. The van der Waals surface area contributed by atoms with E-state index < -0.39 is 5.72 Å². The van der Waals surface area contributed by atoms with Crippen molar-refractivity contribution in [1.29, 1.82) is 0 Å². The zero-order valence-electron chi connectivity index (χ0n) is 7.73. The molecule has 2 nitrogen and oxygen atoms in total. The molecule has 68 valence electrons. The fourth-order valence-electron chi connectivity index (χ4n) is 1.73. The lowest BCUT2D eigenvalue weighted by Gasteiger charge is -2.24. The minimum absolute atomic E-state index is 0.402. The molecule has 1 aromatic carbocycles. The summed E-state index contributed by atoms with van der Waals surface area (Å²) in [5, 5.41) is 0. The Morgan fingerprint density at radius 2 is 2.08 bits per heavy atom. The van der Waals surface area contributed by atoms with E-state index in [-0.39, 0.29) is 0 Å². The van der Waals surface area contributed by atoms with Gasteiger partial charge in [0.15, 0.2) is 5.72 Å². The highest BCUT2D eigenvalue weighted by atomic mass is 16.5. The minimum atomic E-state index is -0.402. The van der Waals surface area contributed by atoms with Crippen molar-refractivity contribution in [2.24, 2.45) is 4.99 Å². The fourth-order valence-corrected chi connectivity index (χ4v) is 1.73. The highest BCUT2D eigenvalue weighted by Gasteiger charge is 2.32. The molecular formula is C11H13NO. The fraction of sp³-hybridized carbons (Fsp3) is 0.364. The number of ether oxygens (including phenoxy) is 1. The highest BCUT2D eigenvalue weighted by molar-refractivity contribution is 5.61. The lowest BCUT2D eigenvalue weighted by molar-refractivity contribution is -0.00536. The van der Waals surface area contributed by atoms with Gasteiger partial charge in [-0.3, -0.25) is 4.99 Å². The maximum atomic E-state index is 5.49. The summed E-state index contributed by atoms with van der Waals surface area (Å²) in [5.41, 5.74) is 0.743. The summed E-state index contributed by atoms with van der Waals surface area (Å²) in [6.07, 6.45) is 3.90. The van der Waals surface area contributed by atoms with Gasteiger partial charge < -0.3 is 4.74 Å². The number of hydrogen-bond acceptors (Lipinski definition) is 2. The highest BCUT2D eigenvalue weighted by Crippen LogP contribution is 2.34. The molecular weight excluding hydrogens is 162 g/mol. The van der Waals surface area contributed by atoms with Gasteiger partial charge in [0.05, 0.1) is 0 Å². The molecule has 1 unspecified atom stereocenters. The molecule has 0 saturated carbocycles. The summed E-state index contributed by atoms with van der Waals surface area (Å²) in [5.74, 6) is 0. The van der Waals surface area contributed by atoms with Crippen LogP contribution < -0.4 is 0 Å². The van der Waals surface area contributed by atoms with Crippen LogP contribution in [0, 0.1) is 0 Å². The van der Waals surface area contributed by atoms with Crippen molar-refractivity contribution >= 4 is 6.21 Å². The third-order valence-corrected chi connectivity index (χ3v) is 2.47. The third kappa shape index (κ3) is 1.38. The van der Waals surface area contributed by atoms with Crippen LogP contribution in [0.15, 0.2) is 35.3 Å². The van der Waals surface area contributed by atoms with Gasteiger partial charge in [-0.1, -0.05) is 30.3 Å². The van der Waals surface area contributed by atoms with Crippen LogP contribution in [-0.4, -0.2) is 13.3 Å². The minimum Gasteiger partial charge on any atom is -0.353 e. The molecule has 0 radical (unpaired) electrons. The monoisotopic (exact) mass is 175 g/mol. The van der Waals surface area contributed by atoms with Crippen LogP contribution in [0.3, 0.4) is 0 Å². The van der Waals surface area contributed by atoms with Gasteiger partial charge in [0.2, 0.25) is 0 Å². The molecule has 2 rings (SSSR count). The Labute approximate surface area is 78.3 Å². The van der Waals surface area contributed by atoms with Crippen LogP contribution in [-0.2, 0) is 10.5 Å². The molecule has 1 aliphatic heterocycles. The second-order valence-electron chi connectivity index (χ2n) is 3.20. The van der Waals surface area contributed by atoms with E-state index in [4.69, 9.17) is 4.74 Å². The first-order valence-electron chi connectivity index (χ1n) is 4.52. The van der Waals surface area contributed by atoms with Crippen LogP contribution in [0.2, 0.25) is 0 Å². The van der Waals surface area contributed by atoms with Crippen molar-refractivity contribution in [3.05, 3.63) is 35.9 Å². The van der Waals surface area contributed by atoms with E-state index >= 15 is 0 Å². The molecule has 2 heteroatoms. The molecule has 1 aliphatic rings. The van der Waals surface area contributed by atoms with E-state index in [2.05, 4.69) is 17.1 Å². The number of methoxy groups -OCH3 is 1. The topological polar surface area (TPSA) is 21.6 Å². The van der Waals surface area contributed by atoms with Crippen LogP contribution in [0.1, 0.15) is 18.4 Å². The number of rotatable bonds is 2. The van der Waals surface area contributed by atoms with Crippen LogP contribution in [0.5, 0.6) is 0 Å². The Bertz CT molecular complexity index is 307. The van der Waals surface area contributed by atoms with Crippen molar-refractivity contribution in [3.8, 4) is 0 Å². The molecule has 13 heavy (non-hydrogen) atoms. The number of nitrogens with zero attached hydrogens (tertiary/aromatic N) is 1. The molecule has 1 atom stereocenters. The third-order valence-electron chi connectivity index (χ3n) is 2.47. The summed E-state index contributed by atoms with van der Waals surface area (Å²) in [6.45, 7) is 0. The van der Waals surface area contributed by atoms with Gasteiger partial charge in [0, 0.05) is 25.3 Å². The van der Waals surface area contributed by atoms with Crippen molar-refractivity contribution < 1.29 is 4.74 Å². The largest absolute Gasteiger partial charge is 0.353 e. The van der Waals surface area contributed by atoms with Crippen LogP contribution in [0.25, 0.3) is 0 Å². The Kier molecular flexibility index (Phi) is 2.15. The van der Waals surface area contributed by atoms with Crippen LogP contribution in [0.4, 0.5) is 0 Å². The number of aliphatic imine (C=N–C) groups is 1. The SMILES string of the molecule is COC1(c2ccccc2)CCC=N1. The predicted octanol–water partition coefficient (Wildman–Crippen LogP) is 2.35. The normalized spacial score (nSPS) is 26.5. The summed E-state index contributed by atoms with van der Waals surface area (Å²) in [7, 11) is 1.72. The van der Waals surface area contributed by atoms with E-state index in [0.717, 1.165) is 18.4 Å². The average Bonchev–Trinajstić information content (AvgIpc) is 2.69. The van der Waals surface area contributed by atoms with Gasteiger partial charge in [-0.25, -0.2) is 0 Å². The van der Waals surface area contributed by atoms with Crippen molar-refractivity contribution in [1.82, 2.24) is 0 Å². The molecule has 0 N–H and O–H groups in total. The van der Waals surface area contributed by atoms with Gasteiger partial charge in [-0.05, 0) is 6.42 Å². The van der Waals surface area contributed by atoms with Gasteiger partial charge in [0.1, 0.15) is 0 Å². The second-order valence-corrected chi connectivity index (χ2v) is 3.20. The molecule has 0 spiro atoms. The van der Waals surface area contributed by atoms with E-state index in [9.17, 15) is 0 Å². The molecule has 0 bridgehead atoms. The standard InChI is InChI=1S/C11H13NO/c1-13-11(8-5-9-12-11)10-6-3-2-4-7-10/h2-4,6-7,9H,5,8H2,1H3. The zero-order chi connectivity index (χ0) is 9.15. The van der Waals surface area contributed by atoms with E-state index in [1.807, 2.05) is 24.4 Å². The van der Waals surface area contributed by atoms with Gasteiger partial charge in [-0.2, -0.15) is 0 Å². The van der Waals surface area contributed by atoms with Crippen molar-refractivity contribution in [2.45, 2.75) is 18.6 Å².